The number of esters is 1. The van der Waals surface area contributed by atoms with Crippen LogP contribution in [0.25, 0.3) is 0 Å². The van der Waals surface area contributed by atoms with Crippen molar-refractivity contribution in [1.29, 1.82) is 0 Å². The van der Waals surface area contributed by atoms with Crippen LogP contribution in [0.2, 0.25) is 0 Å². The van der Waals surface area contributed by atoms with Gasteiger partial charge < -0.3 is 15.8 Å². The van der Waals surface area contributed by atoms with Gasteiger partial charge in [0.1, 0.15) is 0 Å². The Morgan fingerprint density at radius 1 is 1.23 bits per heavy atom. The predicted octanol–water partition coefficient (Wildman–Crippen LogP) is 5.83. The molecule has 0 spiro atoms. The van der Waals surface area contributed by atoms with E-state index >= 15 is 0 Å². The Morgan fingerprint density at radius 2 is 1.97 bits per heavy atom. The van der Waals surface area contributed by atoms with Gasteiger partial charge in [-0.3, -0.25) is 4.79 Å². The van der Waals surface area contributed by atoms with Crippen LogP contribution in [-0.2, 0) is 22.4 Å². The van der Waals surface area contributed by atoms with E-state index in [1.165, 1.54) is 17.7 Å². The van der Waals surface area contributed by atoms with Crippen LogP contribution in [0.4, 0.5) is 20.2 Å². The minimum absolute atomic E-state index is 0.0127. The number of aryl methyl sites for hydroxylation is 1. The quantitative estimate of drug-likeness (QED) is 0.420. The van der Waals surface area contributed by atoms with Crippen LogP contribution in [0.1, 0.15) is 67.8 Å². The SMILES string of the molecule is CC(C)CCOC(=O)Cc1cc2c(cc1N)C(Nc1ccc(C(F)F)cc1)CCC2. The maximum atomic E-state index is 12.8. The zero-order chi connectivity index (χ0) is 21.7. The van der Waals surface area contributed by atoms with E-state index < -0.39 is 6.43 Å². The van der Waals surface area contributed by atoms with E-state index in [-0.39, 0.29) is 24.0 Å². The number of carbonyl (C=O) groups is 1. The van der Waals surface area contributed by atoms with E-state index in [1.54, 1.807) is 12.1 Å². The van der Waals surface area contributed by atoms with Gasteiger partial charge >= 0.3 is 5.97 Å². The highest BCUT2D eigenvalue weighted by molar-refractivity contribution is 5.75. The molecule has 0 saturated heterocycles. The number of hydrogen-bond donors (Lipinski definition) is 2. The number of nitrogen functional groups attached to an aromatic ring is 1. The van der Waals surface area contributed by atoms with Gasteiger partial charge in [0.25, 0.3) is 6.43 Å². The molecule has 1 unspecified atom stereocenters. The summed E-state index contributed by atoms with van der Waals surface area (Å²) in [5.74, 6) is 0.231. The second-order valence-electron chi connectivity index (χ2n) is 8.34. The molecule has 4 nitrogen and oxygen atoms in total. The molecule has 30 heavy (non-hydrogen) atoms. The van der Waals surface area contributed by atoms with Crippen LogP contribution in [0, 0.1) is 5.92 Å². The number of anilines is 2. The molecule has 0 saturated carbocycles. The van der Waals surface area contributed by atoms with Gasteiger partial charge in [-0.2, -0.15) is 0 Å². The highest BCUT2D eigenvalue weighted by atomic mass is 19.3. The zero-order valence-electron chi connectivity index (χ0n) is 17.6. The molecule has 3 N–H and O–H groups in total. The second-order valence-corrected chi connectivity index (χ2v) is 8.34. The molecular weight excluding hydrogens is 386 g/mol. The maximum absolute atomic E-state index is 12.8. The van der Waals surface area contributed by atoms with Gasteiger partial charge in [0.05, 0.1) is 19.1 Å². The van der Waals surface area contributed by atoms with Crippen LogP contribution in [0.3, 0.4) is 0 Å². The molecule has 2 aromatic carbocycles. The van der Waals surface area contributed by atoms with E-state index in [2.05, 4.69) is 19.2 Å². The number of hydrogen-bond acceptors (Lipinski definition) is 4. The molecule has 6 heteroatoms. The lowest BCUT2D eigenvalue weighted by atomic mass is 9.85. The van der Waals surface area contributed by atoms with Gasteiger partial charge in [-0.05, 0) is 66.5 Å². The normalized spacial score (nSPS) is 15.9. The Kier molecular flexibility index (Phi) is 7.29. The van der Waals surface area contributed by atoms with E-state index in [0.717, 1.165) is 42.5 Å². The average Bonchev–Trinajstić information content (AvgIpc) is 2.69. The molecule has 0 radical (unpaired) electrons. The fourth-order valence-electron chi connectivity index (χ4n) is 3.77. The maximum Gasteiger partial charge on any atom is 0.310 e. The fraction of sp³-hybridized carbons (Fsp3) is 0.458. The molecule has 2 aromatic rings. The van der Waals surface area contributed by atoms with Gasteiger partial charge in [0.15, 0.2) is 0 Å². The smallest absolute Gasteiger partial charge is 0.310 e. The van der Waals surface area contributed by atoms with Crippen LogP contribution in [0.15, 0.2) is 36.4 Å². The molecule has 1 atom stereocenters. The number of nitrogens with two attached hydrogens (primary N) is 1. The molecule has 0 amide bonds. The number of alkyl halides is 2. The third kappa shape index (κ3) is 5.71. The van der Waals surface area contributed by atoms with Crippen molar-refractivity contribution in [3.63, 3.8) is 0 Å². The van der Waals surface area contributed by atoms with Gasteiger partial charge in [0, 0.05) is 16.9 Å². The van der Waals surface area contributed by atoms with Crippen molar-refractivity contribution >= 4 is 17.3 Å². The van der Waals surface area contributed by atoms with Crippen molar-refractivity contribution in [2.75, 3.05) is 17.7 Å². The summed E-state index contributed by atoms with van der Waals surface area (Å²) >= 11 is 0. The first-order valence-electron chi connectivity index (χ1n) is 10.5. The molecular formula is C24H30F2N2O2. The molecule has 1 aliphatic carbocycles. The summed E-state index contributed by atoms with van der Waals surface area (Å²) in [6.07, 6.45) is 1.40. The van der Waals surface area contributed by atoms with E-state index in [4.69, 9.17) is 10.5 Å². The van der Waals surface area contributed by atoms with E-state index in [0.29, 0.717) is 18.2 Å². The van der Waals surface area contributed by atoms with Gasteiger partial charge in [0.2, 0.25) is 0 Å². The lowest BCUT2D eigenvalue weighted by Gasteiger charge is -2.28. The molecule has 0 bridgehead atoms. The van der Waals surface area contributed by atoms with Crippen molar-refractivity contribution in [2.24, 2.45) is 5.92 Å². The molecule has 3 rings (SSSR count). The monoisotopic (exact) mass is 416 g/mol. The Morgan fingerprint density at radius 3 is 2.63 bits per heavy atom. The first kappa shape index (κ1) is 22.1. The number of ether oxygens (including phenoxy) is 1. The largest absolute Gasteiger partial charge is 0.465 e. The van der Waals surface area contributed by atoms with Crippen molar-refractivity contribution in [3.8, 4) is 0 Å². The summed E-state index contributed by atoms with van der Waals surface area (Å²) < 4.78 is 30.8. The van der Waals surface area contributed by atoms with Gasteiger partial charge in [-0.25, -0.2) is 8.78 Å². The Hall–Kier alpha value is -2.63. The second kappa shape index (κ2) is 9.92. The zero-order valence-corrected chi connectivity index (χ0v) is 17.6. The van der Waals surface area contributed by atoms with Crippen LogP contribution in [0.5, 0.6) is 0 Å². The molecule has 1 aliphatic rings. The summed E-state index contributed by atoms with van der Waals surface area (Å²) in [5.41, 5.74) is 10.7. The Bertz CT molecular complexity index is 866. The lowest BCUT2D eigenvalue weighted by Crippen LogP contribution is -2.19. The first-order chi connectivity index (χ1) is 14.3. The van der Waals surface area contributed by atoms with Crippen LogP contribution in [-0.4, -0.2) is 12.6 Å². The molecule has 0 fully saturated rings. The summed E-state index contributed by atoms with van der Waals surface area (Å²) in [5, 5.41) is 3.44. The minimum atomic E-state index is -2.47. The topological polar surface area (TPSA) is 64.3 Å². The molecule has 0 heterocycles. The summed E-state index contributed by atoms with van der Waals surface area (Å²) in [6.45, 7) is 4.61. The standard InChI is InChI=1S/C24H30F2N2O2/c1-15(2)10-11-30-23(29)13-18-12-17-4-3-5-22(20(17)14-21(18)27)28-19-8-6-16(7-9-19)24(25)26/h6-9,12,14-15,22,24,28H,3-5,10-11,13,27H2,1-2H3. The summed E-state index contributed by atoms with van der Waals surface area (Å²) in [6, 6.07) is 10.3. The third-order valence-corrected chi connectivity index (χ3v) is 5.51. The predicted molar refractivity (Wildman–Crippen MR) is 116 cm³/mol. The van der Waals surface area contributed by atoms with Gasteiger partial charge in [-0.15, -0.1) is 0 Å². The summed E-state index contributed by atoms with van der Waals surface area (Å²) in [4.78, 5) is 12.2. The van der Waals surface area contributed by atoms with E-state index in [1.807, 2.05) is 12.1 Å². The highest BCUT2D eigenvalue weighted by Crippen LogP contribution is 2.35. The lowest BCUT2D eigenvalue weighted by molar-refractivity contribution is -0.143. The number of nitrogens with one attached hydrogen (secondary N) is 1. The highest BCUT2D eigenvalue weighted by Gasteiger charge is 2.22. The van der Waals surface area contributed by atoms with Crippen LogP contribution >= 0.6 is 0 Å². The number of halogens is 2. The number of fused-ring (bicyclic) bond motifs is 1. The number of carbonyl (C=O) groups excluding carboxylic acids is 1. The summed E-state index contributed by atoms with van der Waals surface area (Å²) in [7, 11) is 0. The van der Waals surface area contributed by atoms with Crippen molar-refractivity contribution in [2.45, 2.75) is 58.4 Å². The number of benzene rings is 2. The van der Waals surface area contributed by atoms with Crippen molar-refractivity contribution in [1.82, 2.24) is 0 Å². The fourth-order valence-corrected chi connectivity index (χ4v) is 3.77. The number of rotatable bonds is 8. The van der Waals surface area contributed by atoms with Crippen molar-refractivity contribution < 1.29 is 18.3 Å². The molecule has 0 aliphatic heterocycles. The first-order valence-corrected chi connectivity index (χ1v) is 10.5. The van der Waals surface area contributed by atoms with Crippen molar-refractivity contribution in [3.05, 3.63) is 58.7 Å². The average molecular weight is 417 g/mol. The Balaban J connectivity index is 1.70. The minimum Gasteiger partial charge on any atom is -0.465 e. The molecule has 162 valence electrons. The third-order valence-electron chi connectivity index (χ3n) is 5.51. The van der Waals surface area contributed by atoms with Crippen LogP contribution < -0.4 is 11.1 Å². The van der Waals surface area contributed by atoms with E-state index in [9.17, 15) is 13.6 Å². The van der Waals surface area contributed by atoms with Gasteiger partial charge in [-0.1, -0.05) is 32.0 Å². The molecule has 0 aromatic heterocycles. The Labute approximate surface area is 176 Å².